The maximum Gasteiger partial charge on any atom is 0.323 e. The van der Waals surface area contributed by atoms with E-state index in [2.05, 4.69) is 16.0 Å². The number of rotatable bonds is 7. The van der Waals surface area contributed by atoms with Crippen LogP contribution in [0.25, 0.3) is 0 Å². The second kappa shape index (κ2) is 13.5. The lowest BCUT2D eigenvalue weighted by Crippen LogP contribution is -2.52. The predicted molar refractivity (Wildman–Crippen MR) is 155 cm³/mol. The van der Waals surface area contributed by atoms with E-state index in [4.69, 9.17) is 4.74 Å². The number of carbonyl (C=O) groups is 3. The van der Waals surface area contributed by atoms with Gasteiger partial charge >= 0.3 is 12.1 Å². The minimum atomic E-state index is -0.484. The third kappa shape index (κ3) is 7.24. The Balaban J connectivity index is 1.59. The van der Waals surface area contributed by atoms with Crippen LogP contribution in [0.2, 0.25) is 0 Å². The third-order valence-corrected chi connectivity index (χ3v) is 7.70. The van der Waals surface area contributed by atoms with E-state index in [9.17, 15) is 19.5 Å². The van der Waals surface area contributed by atoms with Crippen molar-refractivity contribution in [1.82, 2.24) is 15.1 Å². The number of para-hydroxylation sites is 2. The number of aliphatic hydroxyl groups is 1. The molecule has 4 rings (SSSR count). The van der Waals surface area contributed by atoms with Crippen molar-refractivity contribution in [2.45, 2.75) is 64.1 Å². The van der Waals surface area contributed by atoms with E-state index in [1.165, 1.54) is 6.42 Å². The van der Waals surface area contributed by atoms with Gasteiger partial charge in [-0.25, -0.2) is 9.59 Å². The van der Waals surface area contributed by atoms with Crippen LogP contribution in [0.1, 0.15) is 56.3 Å². The summed E-state index contributed by atoms with van der Waals surface area (Å²) in [6.45, 7) is 4.18. The quantitative estimate of drug-likeness (QED) is 0.403. The highest BCUT2D eigenvalue weighted by molar-refractivity contribution is 6.04. The molecule has 1 aliphatic carbocycles. The molecule has 3 atom stereocenters. The summed E-state index contributed by atoms with van der Waals surface area (Å²) in [7, 11) is 1.74. The lowest BCUT2D eigenvalue weighted by Gasteiger charge is -2.38. The van der Waals surface area contributed by atoms with Gasteiger partial charge in [0.25, 0.3) is 5.91 Å². The van der Waals surface area contributed by atoms with Gasteiger partial charge in [0, 0.05) is 31.2 Å². The molecule has 2 aromatic rings. The Morgan fingerprint density at radius 1 is 1.07 bits per heavy atom. The Labute approximate surface area is 236 Å². The van der Waals surface area contributed by atoms with Gasteiger partial charge in [-0.2, -0.15) is 0 Å². The molecule has 0 saturated heterocycles. The number of likely N-dealkylation sites (N-methyl/N-ethyl adjacent to an activating group) is 1. The zero-order valence-electron chi connectivity index (χ0n) is 23.6. The van der Waals surface area contributed by atoms with Gasteiger partial charge in [-0.05, 0) is 44.0 Å². The van der Waals surface area contributed by atoms with Crippen LogP contribution in [-0.4, -0.2) is 77.8 Å². The van der Waals surface area contributed by atoms with Crippen molar-refractivity contribution in [3.63, 3.8) is 0 Å². The second-order valence-corrected chi connectivity index (χ2v) is 10.9. The standard InChI is InChI=1S/C30H41N5O5/c1-20-17-35(21(2)19-36)28(37)24-15-10-16-25(33-29(38)31-22-11-6-4-7-12-22)27(24)40-26(20)18-34(3)30(39)32-23-13-8-5-9-14-23/h4,6-7,10-12,15-16,20-21,23,26,36H,5,8-9,13-14,17-19H2,1-3H3,(H,32,39)(H2,31,33,38)/t20-,21+,26-/m1/s1. The summed E-state index contributed by atoms with van der Waals surface area (Å²) in [6.07, 6.45) is 4.93. The average Bonchev–Trinajstić information content (AvgIpc) is 2.95. The Hall–Kier alpha value is -3.79. The summed E-state index contributed by atoms with van der Waals surface area (Å²) in [5, 5.41) is 18.7. The van der Waals surface area contributed by atoms with Crippen LogP contribution in [0, 0.1) is 5.92 Å². The first-order valence-electron chi connectivity index (χ1n) is 14.1. The highest BCUT2D eigenvalue weighted by atomic mass is 16.5. The van der Waals surface area contributed by atoms with E-state index < -0.39 is 18.2 Å². The number of urea groups is 2. The fourth-order valence-corrected chi connectivity index (χ4v) is 5.25. The van der Waals surface area contributed by atoms with E-state index >= 15 is 0 Å². The van der Waals surface area contributed by atoms with Crippen LogP contribution in [-0.2, 0) is 0 Å². The normalized spacial score (nSPS) is 20.3. The van der Waals surface area contributed by atoms with Crippen molar-refractivity contribution >= 4 is 29.3 Å². The summed E-state index contributed by atoms with van der Waals surface area (Å²) in [5.74, 6) is -0.233. The topological polar surface area (TPSA) is 123 Å². The fourth-order valence-electron chi connectivity index (χ4n) is 5.25. The largest absolute Gasteiger partial charge is 0.485 e. The van der Waals surface area contributed by atoms with Gasteiger partial charge in [0.1, 0.15) is 6.10 Å². The second-order valence-electron chi connectivity index (χ2n) is 10.9. The molecular formula is C30H41N5O5. The minimum Gasteiger partial charge on any atom is -0.485 e. The molecule has 1 fully saturated rings. The number of anilines is 2. The van der Waals surface area contributed by atoms with Gasteiger partial charge < -0.3 is 35.6 Å². The van der Waals surface area contributed by atoms with Crippen molar-refractivity contribution in [3.8, 4) is 5.75 Å². The molecule has 10 heteroatoms. The van der Waals surface area contributed by atoms with Crippen LogP contribution in [0.5, 0.6) is 5.75 Å². The Kier molecular flexibility index (Phi) is 9.87. The van der Waals surface area contributed by atoms with Crippen LogP contribution < -0.4 is 20.7 Å². The number of nitrogens with zero attached hydrogens (tertiary/aromatic N) is 2. The zero-order valence-corrected chi connectivity index (χ0v) is 23.6. The lowest BCUT2D eigenvalue weighted by molar-refractivity contribution is 0.0368. The van der Waals surface area contributed by atoms with Crippen molar-refractivity contribution < 1.29 is 24.2 Å². The van der Waals surface area contributed by atoms with Gasteiger partial charge in [0.05, 0.1) is 30.4 Å². The minimum absolute atomic E-state index is 0.157. The molecular weight excluding hydrogens is 510 g/mol. The summed E-state index contributed by atoms with van der Waals surface area (Å²) in [4.78, 5) is 42.8. The molecule has 1 aliphatic heterocycles. The third-order valence-electron chi connectivity index (χ3n) is 7.70. The highest BCUT2D eigenvalue weighted by Gasteiger charge is 2.35. The van der Waals surface area contributed by atoms with Gasteiger partial charge in [-0.1, -0.05) is 50.5 Å². The molecule has 10 nitrogen and oxygen atoms in total. The van der Waals surface area contributed by atoms with Gasteiger partial charge in [0.2, 0.25) is 0 Å². The number of nitrogens with one attached hydrogen (secondary N) is 3. The first-order valence-corrected chi connectivity index (χ1v) is 14.1. The molecule has 0 aromatic heterocycles. The number of hydrogen-bond donors (Lipinski definition) is 4. The fraction of sp³-hybridized carbons (Fsp3) is 0.500. The number of amides is 5. The molecule has 0 bridgehead atoms. The maximum atomic E-state index is 13.7. The first-order chi connectivity index (χ1) is 19.3. The van der Waals surface area contributed by atoms with Crippen LogP contribution in [0.15, 0.2) is 48.5 Å². The molecule has 0 unspecified atom stereocenters. The van der Waals surface area contributed by atoms with Crippen LogP contribution >= 0.6 is 0 Å². The van der Waals surface area contributed by atoms with E-state index in [1.807, 2.05) is 25.1 Å². The number of benzene rings is 2. The number of carbonyl (C=O) groups excluding carboxylic acids is 3. The van der Waals surface area contributed by atoms with E-state index in [1.54, 1.807) is 54.1 Å². The average molecular weight is 552 g/mol. The highest BCUT2D eigenvalue weighted by Crippen LogP contribution is 2.35. The van der Waals surface area contributed by atoms with Crippen LogP contribution in [0.3, 0.4) is 0 Å². The summed E-state index contributed by atoms with van der Waals surface area (Å²) in [6, 6.07) is 13.2. The molecule has 1 saturated carbocycles. The molecule has 5 amide bonds. The molecule has 216 valence electrons. The van der Waals surface area contributed by atoms with Crippen molar-refractivity contribution in [1.29, 1.82) is 0 Å². The molecule has 40 heavy (non-hydrogen) atoms. The smallest absolute Gasteiger partial charge is 0.323 e. The van der Waals surface area contributed by atoms with Crippen molar-refractivity contribution in [2.24, 2.45) is 5.92 Å². The monoisotopic (exact) mass is 551 g/mol. The maximum absolute atomic E-state index is 13.7. The predicted octanol–water partition coefficient (Wildman–Crippen LogP) is 4.52. The molecule has 2 aromatic carbocycles. The molecule has 1 heterocycles. The number of fused-ring (bicyclic) bond motifs is 1. The number of ether oxygens (including phenoxy) is 1. The molecule has 4 N–H and O–H groups in total. The van der Waals surface area contributed by atoms with Gasteiger partial charge in [-0.15, -0.1) is 0 Å². The lowest BCUT2D eigenvalue weighted by atomic mass is 9.96. The Bertz CT molecular complexity index is 1170. The van der Waals surface area contributed by atoms with Crippen molar-refractivity contribution in [3.05, 3.63) is 54.1 Å². The Morgan fingerprint density at radius 3 is 2.50 bits per heavy atom. The first kappa shape index (κ1) is 29.2. The Morgan fingerprint density at radius 2 is 1.80 bits per heavy atom. The van der Waals surface area contributed by atoms with Gasteiger partial charge in [0.15, 0.2) is 5.75 Å². The number of aliphatic hydroxyl groups excluding tert-OH is 1. The zero-order chi connectivity index (χ0) is 28.6. The molecule has 0 spiro atoms. The summed E-state index contributed by atoms with van der Waals surface area (Å²) < 4.78 is 6.50. The molecule has 2 aliphatic rings. The van der Waals surface area contributed by atoms with E-state index in [0.29, 0.717) is 17.9 Å². The van der Waals surface area contributed by atoms with Gasteiger partial charge in [-0.3, -0.25) is 4.79 Å². The van der Waals surface area contributed by atoms with Crippen LogP contribution in [0.4, 0.5) is 21.0 Å². The summed E-state index contributed by atoms with van der Waals surface area (Å²) in [5.41, 5.74) is 1.24. The van der Waals surface area contributed by atoms with E-state index in [-0.39, 0.29) is 48.4 Å². The summed E-state index contributed by atoms with van der Waals surface area (Å²) >= 11 is 0. The van der Waals surface area contributed by atoms with E-state index in [0.717, 1.165) is 25.7 Å². The molecule has 0 radical (unpaired) electrons. The van der Waals surface area contributed by atoms with Crippen molar-refractivity contribution in [2.75, 3.05) is 37.4 Å². The number of hydrogen-bond acceptors (Lipinski definition) is 5. The SMILES string of the molecule is C[C@@H]1CN([C@@H](C)CO)C(=O)c2cccc(NC(=O)Nc3ccccc3)c2O[C@@H]1CN(C)C(=O)NC1CCCCC1.